The predicted octanol–water partition coefficient (Wildman–Crippen LogP) is 5.23. The lowest BCUT2D eigenvalue weighted by molar-refractivity contribution is -0.140. The topological polar surface area (TPSA) is 86.8 Å². The van der Waals surface area contributed by atoms with Gasteiger partial charge in [-0.15, -0.1) is 0 Å². The third kappa shape index (κ3) is 8.71. The van der Waals surface area contributed by atoms with Gasteiger partial charge in [-0.3, -0.25) is 13.9 Å². The summed E-state index contributed by atoms with van der Waals surface area (Å²) in [5.41, 5.74) is 2.95. The molecule has 208 valence electrons. The lowest BCUT2D eigenvalue weighted by atomic mass is 10.0. The summed E-state index contributed by atoms with van der Waals surface area (Å²) < 4.78 is 26.6. The van der Waals surface area contributed by atoms with Crippen LogP contribution in [0.25, 0.3) is 0 Å². The summed E-state index contributed by atoms with van der Waals surface area (Å²) in [5.74, 6) is -0.832. The summed E-state index contributed by atoms with van der Waals surface area (Å²) in [7, 11) is -3.89. The van der Waals surface area contributed by atoms with Crippen LogP contribution in [0, 0.1) is 6.92 Å². The number of nitrogens with one attached hydrogen (secondary N) is 1. The van der Waals surface area contributed by atoms with E-state index in [1.807, 2.05) is 68.4 Å². The molecule has 7 nitrogen and oxygen atoms in total. The van der Waals surface area contributed by atoms with Gasteiger partial charge in [-0.2, -0.15) is 0 Å². The zero-order valence-electron chi connectivity index (χ0n) is 22.2. The number of amides is 2. The maximum absolute atomic E-state index is 14.0. The SMILES string of the molecule is CCCNC(=O)C(Cc1ccccc1)N(Cc1ccc(C)cc1)C(=O)CN(c1ccc(Cl)c(Cl)c1)S(C)(=O)=O. The average Bonchev–Trinajstić information content (AvgIpc) is 2.90. The number of anilines is 1. The van der Waals surface area contributed by atoms with Gasteiger partial charge in [0.25, 0.3) is 0 Å². The second-order valence-electron chi connectivity index (χ2n) is 9.37. The van der Waals surface area contributed by atoms with Crippen LogP contribution in [0.15, 0.2) is 72.8 Å². The summed E-state index contributed by atoms with van der Waals surface area (Å²) in [6.45, 7) is 3.97. The van der Waals surface area contributed by atoms with Gasteiger partial charge in [0.2, 0.25) is 21.8 Å². The number of nitrogens with zero attached hydrogens (tertiary/aromatic N) is 2. The number of hydrogen-bond acceptors (Lipinski definition) is 4. The molecule has 2 amide bonds. The highest BCUT2D eigenvalue weighted by Gasteiger charge is 2.33. The van der Waals surface area contributed by atoms with Crippen LogP contribution in [-0.2, 0) is 32.6 Å². The highest BCUT2D eigenvalue weighted by atomic mass is 35.5. The van der Waals surface area contributed by atoms with Crippen LogP contribution in [0.5, 0.6) is 0 Å². The number of carbonyl (C=O) groups excluding carboxylic acids is 2. The number of carbonyl (C=O) groups is 2. The lowest BCUT2D eigenvalue weighted by Gasteiger charge is -2.33. The molecule has 0 saturated carbocycles. The van der Waals surface area contributed by atoms with Crippen molar-refractivity contribution in [1.82, 2.24) is 10.2 Å². The van der Waals surface area contributed by atoms with Crippen LogP contribution in [-0.4, -0.2) is 50.5 Å². The molecule has 1 unspecified atom stereocenters. The van der Waals surface area contributed by atoms with Crippen molar-refractivity contribution in [1.29, 1.82) is 0 Å². The van der Waals surface area contributed by atoms with E-state index in [4.69, 9.17) is 23.2 Å². The molecule has 0 aliphatic carbocycles. The molecule has 3 aromatic rings. The van der Waals surface area contributed by atoms with Crippen molar-refractivity contribution in [3.8, 4) is 0 Å². The molecule has 0 aromatic heterocycles. The summed E-state index contributed by atoms with van der Waals surface area (Å²) >= 11 is 12.2. The molecule has 1 N–H and O–H groups in total. The molecule has 0 spiro atoms. The number of hydrogen-bond donors (Lipinski definition) is 1. The van der Waals surface area contributed by atoms with Crippen LogP contribution in [0.2, 0.25) is 10.0 Å². The van der Waals surface area contributed by atoms with E-state index in [1.165, 1.54) is 23.1 Å². The fourth-order valence-corrected chi connectivity index (χ4v) is 5.20. The molecular formula is C29H33Cl2N3O4S. The molecule has 3 rings (SSSR count). The minimum absolute atomic E-state index is 0.120. The van der Waals surface area contributed by atoms with Gasteiger partial charge in [0.15, 0.2) is 0 Å². The molecule has 0 aliphatic heterocycles. The van der Waals surface area contributed by atoms with Crippen molar-refractivity contribution in [2.45, 2.75) is 39.3 Å². The van der Waals surface area contributed by atoms with Gasteiger partial charge in [-0.05, 0) is 42.7 Å². The van der Waals surface area contributed by atoms with Gasteiger partial charge >= 0.3 is 0 Å². The first-order chi connectivity index (χ1) is 18.5. The largest absolute Gasteiger partial charge is 0.354 e. The van der Waals surface area contributed by atoms with E-state index >= 15 is 0 Å². The van der Waals surface area contributed by atoms with Crippen molar-refractivity contribution in [3.63, 3.8) is 0 Å². The van der Waals surface area contributed by atoms with Crippen LogP contribution in [0.1, 0.15) is 30.0 Å². The quantitative estimate of drug-likeness (QED) is 0.313. The molecule has 0 saturated heterocycles. The van der Waals surface area contributed by atoms with Crippen LogP contribution in [0.4, 0.5) is 5.69 Å². The van der Waals surface area contributed by atoms with Crippen molar-refractivity contribution in [2.75, 3.05) is 23.7 Å². The monoisotopic (exact) mass is 589 g/mol. The average molecular weight is 591 g/mol. The Morgan fingerprint density at radius 2 is 1.59 bits per heavy atom. The van der Waals surface area contributed by atoms with Crippen molar-refractivity contribution in [3.05, 3.63) is 99.5 Å². The van der Waals surface area contributed by atoms with Gasteiger partial charge in [0, 0.05) is 19.5 Å². The molecule has 0 aliphatic rings. The Kier molecular flexibility index (Phi) is 10.8. The number of rotatable bonds is 12. The van der Waals surface area contributed by atoms with Gasteiger partial charge < -0.3 is 10.2 Å². The van der Waals surface area contributed by atoms with Crippen molar-refractivity contribution in [2.24, 2.45) is 0 Å². The number of halogens is 2. The van der Waals surface area contributed by atoms with Crippen molar-refractivity contribution >= 4 is 50.7 Å². The Hall–Kier alpha value is -3.07. The molecule has 39 heavy (non-hydrogen) atoms. The zero-order chi connectivity index (χ0) is 28.6. The van der Waals surface area contributed by atoms with E-state index in [0.29, 0.717) is 6.54 Å². The van der Waals surface area contributed by atoms with E-state index in [9.17, 15) is 18.0 Å². The first-order valence-corrected chi connectivity index (χ1v) is 15.2. The Labute approximate surface area is 240 Å². The van der Waals surface area contributed by atoms with E-state index in [-0.39, 0.29) is 34.6 Å². The molecule has 10 heteroatoms. The first-order valence-electron chi connectivity index (χ1n) is 12.6. The minimum Gasteiger partial charge on any atom is -0.354 e. The van der Waals surface area contributed by atoms with Gasteiger partial charge in [-0.25, -0.2) is 8.42 Å². The molecule has 0 bridgehead atoms. The van der Waals surface area contributed by atoms with E-state index in [0.717, 1.165) is 33.7 Å². The molecule has 0 heterocycles. The first kappa shape index (κ1) is 30.5. The van der Waals surface area contributed by atoms with Gasteiger partial charge in [0.1, 0.15) is 12.6 Å². The fourth-order valence-electron chi connectivity index (χ4n) is 4.06. The van der Waals surface area contributed by atoms with Crippen molar-refractivity contribution < 1.29 is 18.0 Å². The zero-order valence-corrected chi connectivity index (χ0v) is 24.6. The van der Waals surface area contributed by atoms with Gasteiger partial charge in [0.05, 0.1) is 22.0 Å². The van der Waals surface area contributed by atoms with Crippen LogP contribution in [0.3, 0.4) is 0 Å². The Balaban J connectivity index is 2.04. The summed E-state index contributed by atoms with van der Waals surface area (Å²) in [6, 6.07) is 20.6. The Morgan fingerprint density at radius 3 is 2.18 bits per heavy atom. The summed E-state index contributed by atoms with van der Waals surface area (Å²) in [5, 5.41) is 3.34. The third-order valence-electron chi connectivity index (χ3n) is 6.16. The summed E-state index contributed by atoms with van der Waals surface area (Å²) in [6.07, 6.45) is 2.01. The van der Waals surface area contributed by atoms with E-state index < -0.39 is 28.5 Å². The van der Waals surface area contributed by atoms with Crippen LogP contribution >= 0.6 is 23.2 Å². The normalized spacial score (nSPS) is 12.0. The maximum Gasteiger partial charge on any atom is 0.244 e. The highest BCUT2D eigenvalue weighted by Crippen LogP contribution is 2.29. The second kappa shape index (κ2) is 13.8. The number of benzene rings is 3. The van der Waals surface area contributed by atoms with E-state index in [1.54, 1.807) is 0 Å². The lowest BCUT2D eigenvalue weighted by Crippen LogP contribution is -2.53. The fraction of sp³-hybridized carbons (Fsp3) is 0.310. The molecule has 3 aromatic carbocycles. The molecule has 0 radical (unpaired) electrons. The third-order valence-corrected chi connectivity index (χ3v) is 8.04. The minimum atomic E-state index is -3.89. The molecule has 1 atom stereocenters. The van der Waals surface area contributed by atoms with Crippen LogP contribution < -0.4 is 9.62 Å². The smallest absolute Gasteiger partial charge is 0.244 e. The maximum atomic E-state index is 14.0. The van der Waals surface area contributed by atoms with E-state index in [2.05, 4.69) is 5.32 Å². The highest BCUT2D eigenvalue weighted by molar-refractivity contribution is 7.92. The molecule has 0 fully saturated rings. The Bertz CT molecular complexity index is 1380. The standard InChI is InChI=1S/C29H33Cl2N3O4S/c1-4-16-32-29(36)27(17-22-8-6-5-7-9-22)33(19-23-12-10-21(2)11-13-23)28(35)20-34(39(3,37)38)24-14-15-25(30)26(31)18-24/h5-15,18,27H,4,16-17,19-20H2,1-3H3,(H,32,36). The summed E-state index contributed by atoms with van der Waals surface area (Å²) in [4.78, 5) is 28.9. The second-order valence-corrected chi connectivity index (χ2v) is 12.1. The number of aryl methyl sites for hydroxylation is 1. The number of sulfonamides is 1. The Morgan fingerprint density at radius 1 is 0.923 bits per heavy atom. The predicted molar refractivity (Wildman–Crippen MR) is 158 cm³/mol. The van der Waals surface area contributed by atoms with Gasteiger partial charge in [-0.1, -0.05) is 90.3 Å². The molecular weight excluding hydrogens is 557 g/mol.